The first kappa shape index (κ1) is 9.85. The molecule has 1 aromatic rings. The van der Waals surface area contributed by atoms with Gasteiger partial charge in [0, 0.05) is 12.2 Å². The number of hydrogen-bond acceptors (Lipinski definition) is 4. The highest BCUT2D eigenvalue weighted by molar-refractivity contribution is 5.79. The molecular weight excluding hydrogens is 192 g/mol. The maximum absolute atomic E-state index is 5.34. The predicted octanol–water partition coefficient (Wildman–Crippen LogP) is -0.452. The van der Waals surface area contributed by atoms with Gasteiger partial charge in [0.25, 0.3) is 0 Å². The molecule has 1 saturated carbocycles. The molecule has 0 saturated heterocycles. The molecule has 80 valence electrons. The monoisotopic (exact) mass is 206 g/mol. The number of hydrogen-bond donors (Lipinski definition) is 3. The van der Waals surface area contributed by atoms with Crippen LogP contribution < -0.4 is 16.6 Å². The minimum absolute atomic E-state index is 0.502. The molecule has 0 radical (unpaired) electrons. The Morgan fingerprint density at radius 2 is 2.47 bits per heavy atom. The van der Waals surface area contributed by atoms with Crippen molar-refractivity contribution in [1.82, 2.24) is 20.7 Å². The topological polar surface area (TPSA) is 88.2 Å². The highest BCUT2D eigenvalue weighted by Gasteiger charge is 2.21. The average Bonchev–Trinajstić information content (AvgIpc) is 3.09. The Morgan fingerprint density at radius 1 is 1.60 bits per heavy atom. The van der Waals surface area contributed by atoms with E-state index in [4.69, 9.17) is 5.84 Å². The van der Waals surface area contributed by atoms with E-state index in [0.29, 0.717) is 18.5 Å². The minimum Gasteiger partial charge on any atom is -0.353 e. The van der Waals surface area contributed by atoms with Crippen LogP contribution >= 0.6 is 0 Å². The Bertz CT molecular complexity index is 332. The lowest BCUT2D eigenvalue weighted by Crippen LogP contribution is -2.42. The highest BCUT2D eigenvalue weighted by Crippen LogP contribution is 2.18. The van der Waals surface area contributed by atoms with Crippen molar-refractivity contribution >= 4 is 5.96 Å². The molecule has 1 aliphatic rings. The van der Waals surface area contributed by atoms with Crippen LogP contribution in [0.15, 0.2) is 23.6 Å². The summed E-state index contributed by atoms with van der Waals surface area (Å²) in [5.74, 6) is 5.96. The van der Waals surface area contributed by atoms with Crippen LogP contribution in [-0.4, -0.2) is 22.0 Å². The van der Waals surface area contributed by atoms with Crippen LogP contribution in [0.3, 0.4) is 0 Å². The number of aromatic nitrogens is 2. The van der Waals surface area contributed by atoms with E-state index in [1.807, 2.05) is 6.07 Å². The molecule has 1 fully saturated rings. The first-order chi connectivity index (χ1) is 7.38. The third-order valence-corrected chi connectivity index (χ3v) is 2.10. The summed E-state index contributed by atoms with van der Waals surface area (Å²) in [5, 5.41) is 3.18. The number of nitrogens with one attached hydrogen (secondary N) is 2. The van der Waals surface area contributed by atoms with Crippen molar-refractivity contribution in [2.75, 3.05) is 0 Å². The van der Waals surface area contributed by atoms with Gasteiger partial charge in [0.05, 0.1) is 12.2 Å². The molecule has 0 aromatic carbocycles. The molecule has 0 unspecified atom stereocenters. The Hall–Kier alpha value is -1.69. The van der Waals surface area contributed by atoms with Gasteiger partial charge < -0.3 is 5.32 Å². The molecule has 0 bridgehead atoms. The summed E-state index contributed by atoms with van der Waals surface area (Å²) in [5.41, 5.74) is 3.41. The molecular formula is C9H14N6. The van der Waals surface area contributed by atoms with Gasteiger partial charge in [-0.25, -0.2) is 20.8 Å². The zero-order valence-corrected chi connectivity index (χ0v) is 8.35. The molecule has 0 aliphatic heterocycles. The van der Waals surface area contributed by atoms with Gasteiger partial charge >= 0.3 is 0 Å². The Kier molecular flexibility index (Phi) is 3.08. The van der Waals surface area contributed by atoms with Gasteiger partial charge in [-0.2, -0.15) is 0 Å². The van der Waals surface area contributed by atoms with Crippen LogP contribution in [0, 0.1) is 0 Å². The van der Waals surface area contributed by atoms with Crippen LogP contribution in [0.5, 0.6) is 0 Å². The fraction of sp³-hybridized carbons (Fsp3) is 0.444. The van der Waals surface area contributed by atoms with Gasteiger partial charge in [0.2, 0.25) is 5.96 Å². The molecule has 15 heavy (non-hydrogen) atoms. The quantitative estimate of drug-likeness (QED) is 0.270. The molecule has 0 spiro atoms. The first-order valence-corrected chi connectivity index (χ1v) is 4.91. The van der Waals surface area contributed by atoms with E-state index in [0.717, 1.165) is 5.69 Å². The van der Waals surface area contributed by atoms with Crippen molar-refractivity contribution in [2.45, 2.75) is 25.4 Å². The number of nitrogens with zero attached hydrogens (tertiary/aromatic N) is 3. The SMILES string of the molecule is NNC(=NCc1ccncn1)NC1CC1. The second-order valence-electron chi connectivity index (χ2n) is 3.43. The summed E-state index contributed by atoms with van der Waals surface area (Å²) < 4.78 is 0. The minimum atomic E-state index is 0.502. The van der Waals surface area contributed by atoms with Gasteiger partial charge in [-0.3, -0.25) is 5.43 Å². The first-order valence-electron chi connectivity index (χ1n) is 4.91. The van der Waals surface area contributed by atoms with E-state index >= 15 is 0 Å². The fourth-order valence-electron chi connectivity index (χ4n) is 1.13. The molecule has 0 amide bonds. The summed E-state index contributed by atoms with van der Waals surface area (Å²) >= 11 is 0. The van der Waals surface area contributed by atoms with Crippen LogP contribution in [0.25, 0.3) is 0 Å². The van der Waals surface area contributed by atoms with E-state index in [1.165, 1.54) is 19.2 Å². The Morgan fingerprint density at radius 3 is 3.07 bits per heavy atom. The van der Waals surface area contributed by atoms with Crippen LogP contribution in [0.2, 0.25) is 0 Å². The van der Waals surface area contributed by atoms with Crippen molar-refractivity contribution in [1.29, 1.82) is 0 Å². The van der Waals surface area contributed by atoms with Crippen molar-refractivity contribution < 1.29 is 0 Å². The molecule has 6 heteroatoms. The number of rotatable bonds is 3. The summed E-state index contributed by atoms with van der Waals surface area (Å²) in [6.07, 6.45) is 5.58. The van der Waals surface area contributed by atoms with E-state index in [-0.39, 0.29) is 0 Å². The van der Waals surface area contributed by atoms with Crippen molar-refractivity contribution in [3.05, 3.63) is 24.3 Å². The average molecular weight is 206 g/mol. The Labute approximate surface area is 88.0 Å². The number of guanidine groups is 1. The van der Waals surface area contributed by atoms with Gasteiger partial charge in [0.1, 0.15) is 6.33 Å². The zero-order valence-electron chi connectivity index (χ0n) is 8.35. The summed E-state index contributed by atoms with van der Waals surface area (Å²) in [4.78, 5) is 12.2. The highest BCUT2D eigenvalue weighted by atomic mass is 15.3. The third-order valence-electron chi connectivity index (χ3n) is 2.10. The molecule has 4 N–H and O–H groups in total. The lowest BCUT2D eigenvalue weighted by Gasteiger charge is -2.06. The molecule has 2 rings (SSSR count). The molecule has 1 aromatic heterocycles. The van der Waals surface area contributed by atoms with Crippen LogP contribution in [0.4, 0.5) is 0 Å². The lowest BCUT2D eigenvalue weighted by molar-refractivity contribution is 0.815. The van der Waals surface area contributed by atoms with Crippen molar-refractivity contribution in [3.8, 4) is 0 Å². The maximum Gasteiger partial charge on any atom is 0.206 e. The van der Waals surface area contributed by atoms with E-state index in [9.17, 15) is 0 Å². The normalized spacial score (nSPS) is 16.2. The van der Waals surface area contributed by atoms with Gasteiger partial charge in [-0.05, 0) is 18.9 Å². The second-order valence-corrected chi connectivity index (χ2v) is 3.43. The number of hydrazine groups is 1. The van der Waals surface area contributed by atoms with Crippen LogP contribution in [0.1, 0.15) is 18.5 Å². The van der Waals surface area contributed by atoms with E-state index < -0.39 is 0 Å². The fourth-order valence-corrected chi connectivity index (χ4v) is 1.13. The number of nitrogens with two attached hydrogens (primary N) is 1. The second kappa shape index (κ2) is 4.70. The van der Waals surface area contributed by atoms with Gasteiger partial charge in [0.15, 0.2) is 0 Å². The third kappa shape index (κ3) is 3.17. The molecule has 6 nitrogen and oxygen atoms in total. The predicted molar refractivity (Wildman–Crippen MR) is 56.7 cm³/mol. The summed E-state index contributed by atoms with van der Waals surface area (Å²) in [6.45, 7) is 0.502. The smallest absolute Gasteiger partial charge is 0.206 e. The maximum atomic E-state index is 5.34. The number of aliphatic imine (C=N–C) groups is 1. The summed E-state index contributed by atoms with van der Waals surface area (Å²) in [7, 11) is 0. The van der Waals surface area contributed by atoms with E-state index in [2.05, 4.69) is 25.7 Å². The van der Waals surface area contributed by atoms with Crippen molar-refractivity contribution in [3.63, 3.8) is 0 Å². The lowest BCUT2D eigenvalue weighted by atomic mass is 10.4. The molecule has 1 aliphatic carbocycles. The van der Waals surface area contributed by atoms with Crippen molar-refractivity contribution in [2.24, 2.45) is 10.8 Å². The zero-order chi connectivity index (χ0) is 10.5. The van der Waals surface area contributed by atoms with Gasteiger partial charge in [-0.1, -0.05) is 0 Å². The molecule has 0 atom stereocenters. The Balaban J connectivity index is 1.90. The van der Waals surface area contributed by atoms with Crippen LogP contribution in [-0.2, 0) is 6.54 Å². The standard InChI is InChI=1S/C9H14N6/c10-15-9(14-7-1-2-7)12-5-8-3-4-11-6-13-8/h3-4,6-7H,1-2,5,10H2,(H2,12,14,15). The van der Waals surface area contributed by atoms with Gasteiger partial charge in [-0.15, -0.1) is 0 Å². The largest absolute Gasteiger partial charge is 0.353 e. The summed E-state index contributed by atoms with van der Waals surface area (Å²) in [6, 6.07) is 2.36. The molecule has 1 heterocycles. The van der Waals surface area contributed by atoms with E-state index in [1.54, 1.807) is 6.20 Å².